The first-order valence-electron chi connectivity index (χ1n) is 5.47. The Balaban J connectivity index is 3.24. The van der Waals surface area contributed by atoms with Crippen LogP contribution in [0.2, 0.25) is 0 Å². The second-order valence-electron chi connectivity index (χ2n) is 3.96. The molecule has 0 radical (unpaired) electrons. The van der Waals surface area contributed by atoms with Crippen LogP contribution in [0.5, 0.6) is 0 Å². The van der Waals surface area contributed by atoms with Crippen molar-refractivity contribution in [3.05, 3.63) is 29.3 Å². The highest BCUT2D eigenvalue weighted by Crippen LogP contribution is 2.28. The minimum absolute atomic E-state index is 0.106. The normalized spacial score (nSPS) is 11.4. The molecule has 0 atom stereocenters. The fraction of sp³-hybridized carbons (Fsp3) is 0.417. The predicted octanol–water partition coefficient (Wildman–Crippen LogP) is 3.02. The van der Waals surface area contributed by atoms with Gasteiger partial charge in [-0.15, -0.1) is 0 Å². The molecule has 0 heterocycles. The number of rotatable bonds is 4. The molecule has 0 aromatic heterocycles. The van der Waals surface area contributed by atoms with Crippen molar-refractivity contribution in [3.63, 3.8) is 0 Å². The number of para-hydroxylation sites is 1. The number of halogens is 3. The number of alkyl halides is 3. The van der Waals surface area contributed by atoms with Crippen LogP contribution in [0.3, 0.4) is 0 Å². The topological polar surface area (TPSA) is 29.3 Å². The van der Waals surface area contributed by atoms with Crippen LogP contribution in [0.15, 0.2) is 18.2 Å². The molecule has 0 aliphatic carbocycles. The lowest BCUT2D eigenvalue weighted by Crippen LogP contribution is -2.36. The van der Waals surface area contributed by atoms with E-state index in [0.717, 1.165) is 5.56 Å². The maximum atomic E-state index is 12.5. The number of benzene rings is 1. The molecule has 0 bridgehead atoms. The summed E-state index contributed by atoms with van der Waals surface area (Å²) in [7, 11) is 0. The molecular formula is C12H15F3N2S. The predicted molar refractivity (Wildman–Crippen MR) is 71.0 cm³/mol. The summed E-state index contributed by atoms with van der Waals surface area (Å²) in [5.74, 6) is 0. The maximum absolute atomic E-state index is 12.5. The standard InChI is InChI=1S/C12H15F3N2S/c1-3-17(7-12(13,14)15)10-8(2)5-4-6-9(10)11(16)18/h4-6H,3,7H2,1-2H3,(H2,16,18). The highest BCUT2D eigenvalue weighted by Gasteiger charge is 2.31. The van der Waals surface area contributed by atoms with E-state index >= 15 is 0 Å². The van der Waals surface area contributed by atoms with Gasteiger partial charge in [-0.1, -0.05) is 24.4 Å². The Morgan fingerprint density at radius 1 is 1.39 bits per heavy atom. The molecule has 0 unspecified atom stereocenters. The van der Waals surface area contributed by atoms with Crippen molar-refractivity contribution in [3.8, 4) is 0 Å². The van der Waals surface area contributed by atoms with Crippen LogP contribution >= 0.6 is 12.2 Å². The van der Waals surface area contributed by atoms with Gasteiger partial charge in [0.2, 0.25) is 0 Å². The summed E-state index contributed by atoms with van der Waals surface area (Å²) in [5.41, 5.74) is 7.24. The molecule has 2 nitrogen and oxygen atoms in total. The zero-order valence-corrected chi connectivity index (χ0v) is 11.0. The third kappa shape index (κ3) is 3.60. The summed E-state index contributed by atoms with van der Waals surface area (Å²) < 4.78 is 37.6. The Kier molecular flexibility index (Phi) is 4.56. The van der Waals surface area contributed by atoms with Crippen molar-refractivity contribution in [1.82, 2.24) is 0 Å². The van der Waals surface area contributed by atoms with E-state index in [1.54, 1.807) is 32.0 Å². The monoisotopic (exact) mass is 276 g/mol. The minimum atomic E-state index is -4.26. The Bertz CT molecular complexity index is 443. The van der Waals surface area contributed by atoms with Crippen molar-refractivity contribution in [2.45, 2.75) is 20.0 Å². The first-order chi connectivity index (χ1) is 8.26. The van der Waals surface area contributed by atoms with Gasteiger partial charge in [-0.3, -0.25) is 0 Å². The fourth-order valence-corrected chi connectivity index (χ4v) is 2.01. The smallest absolute Gasteiger partial charge is 0.389 e. The molecule has 6 heteroatoms. The van der Waals surface area contributed by atoms with Gasteiger partial charge in [0.25, 0.3) is 0 Å². The Morgan fingerprint density at radius 3 is 2.44 bits per heavy atom. The number of hydrogen-bond acceptors (Lipinski definition) is 2. The molecule has 0 fully saturated rings. The van der Waals surface area contributed by atoms with E-state index in [0.29, 0.717) is 11.3 Å². The van der Waals surface area contributed by atoms with Gasteiger partial charge in [-0.2, -0.15) is 13.2 Å². The first-order valence-corrected chi connectivity index (χ1v) is 5.88. The number of anilines is 1. The third-order valence-electron chi connectivity index (χ3n) is 2.57. The summed E-state index contributed by atoms with van der Waals surface area (Å²) >= 11 is 4.89. The highest BCUT2D eigenvalue weighted by molar-refractivity contribution is 7.80. The van der Waals surface area contributed by atoms with E-state index in [-0.39, 0.29) is 11.5 Å². The molecule has 18 heavy (non-hydrogen) atoms. The van der Waals surface area contributed by atoms with Gasteiger partial charge >= 0.3 is 6.18 Å². The SMILES string of the molecule is CCN(CC(F)(F)F)c1c(C)cccc1C(N)=S. The van der Waals surface area contributed by atoms with E-state index in [1.165, 1.54) is 4.90 Å². The quantitative estimate of drug-likeness (QED) is 0.857. The number of aryl methyl sites for hydroxylation is 1. The first kappa shape index (κ1) is 14.8. The molecule has 0 saturated carbocycles. The van der Waals surface area contributed by atoms with Crippen LogP contribution in [0.25, 0.3) is 0 Å². The van der Waals surface area contributed by atoms with Gasteiger partial charge in [0.15, 0.2) is 0 Å². The molecule has 1 aromatic rings. The number of thiocarbonyl (C=S) groups is 1. The Labute approximate surface area is 110 Å². The van der Waals surface area contributed by atoms with Gasteiger partial charge in [0.1, 0.15) is 11.5 Å². The summed E-state index contributed by atoms with van der Waals surface area (Å²) in [5, 5.41) is 0. The zero-order valence-electron chi connectivity index (χ0n) is 10.2. The molecule has 100 valence electrons. The van der Waals surface area contributed by atoms with Crippen molar-refractivity contribution in [1.29, 1.82) is 0 Å². The average molecular weight is 276 g/mol. The second kappa shape index (κ2) is 5.56. The fourth-order valence-electron chi connectivity index (χ4n) is 1.84. The molecule has 0 aliphatic rings. The molecule has 1 rings (SSSR count). The van der Waals surface area contributed by atoms with E-state index in [4.69, 9.17) is 18.0 Å². The van der Waals surface area contributed by atoms with Gasteiger partial charge in [0, 0.05) is 12.1 Å². The van der Waals surface area contributed by atoms with E-state index < -0.39 is 12.7 Å². The highest BCUT2D eigenvalue weighted by atomic mass is 32.1. The van der Waals surface area contributed by atoms with E-state index in [1.807, 2.05) is 0 Å². The van der Waals surface area contributed by atoms with Gasteiger partial charge in [-0.25, -0.2) is 0 Å². The minimum Gasteiger partial charge on any atom is -0.389 e. The molecule has 1 aromatic carbocycles. The number of nitrogens with two attached hydrogens (primary N) is 1. The summed E-state index contributed by atoms with van der Waals surface area (Å²) in [6, 6.07) is 5.12. The Morgan fingerprint density at radius 2 is 2.00 bits per heavy atom. The van der Waals surface area contributed by atoms with Crippen LogP contribution in [0.1, 0.15) is 18.1 Å². The van der Waals surface area contributed by atoms with Crippen LogP contribution in [0, 0.1) is 6.92 Å². The van der Waals surface area contributed by atoms with Gasteiger partial charge in [0.05, 0.1) is 5.69 Å². The summed E-state index contributed by atoms with van der Waals surface area (Å²) in [6.45, 7) is 2.64. The van der Waals surface area contributed by atoms with Gasteiger partial charge in [-0.05, 0) is 25.5 Å². The maximum Gasteiger partial charge on any atom is 0.405 e. The van der Waals surface area contributed by atoms with Crippen molar-refractivity contribution >= 4 is 22.9 Å². The molecular weight excluding hydrogens is 261 g/mol. The van der Waals surface area contributed by atoms with Crippen LogP contribution in [0.4, 0.5) is 18.9 Å². The molecule has 0 saturated heterocycles. The van der Waals surface area contributed by atoms with Gasteiger partial charge < -0.3 is 10.6 Å². The van der Waals surface area contributed by atoms with Crippen LogP contribution in [-0.4, -0.2) is 24.3 Å². The van der Waals surface area contributed by atoms with Crippen molar-refractivity contribution in [2.75, 3.05) is 18.0 Å². The van der Waals surface area contributed by atoms with E-state index in [9.17, 15) is 13.2 Å². The second-order valence-corrected chi connectivity index (χ2v) is 4.40. The zero-order chi connectivity index (χ0) is 13.9. The lowest BCUT2D eigenvalue weighted by Gasteiger charge is -2.28. The average Bonchev–Trinajstić information content (AvgIpc) is 2.24. The number of nitrogens with zero attached hydrogens (tertiary/aromatic N) is 1. The van der Waals surface area contributed by atoms with Crippen LogP contribution in [-0.2, 0) is 0 Å². The summed E-state index contributed by atoms with van der Waals surface area (Å²) in [4.78, 5) is 1.35. The lowest BCUT2D eigenvalue weighted by atomic mass is 10.1. The third-order valence-corrected chi connectivity index (χ3v) is 2.79. The number of hydrogen-bond donors (Lipinski definition) is 1. The van der Waals surface area contributed by atoms with Crippen molar-refractivity contribution in [2.24, 2.45) is 5.73 Å². The summed E-state index contributed by atoms with van der Waals surface area (Å²) in [6.07, 6.45) is -4.26. The molecule has 0 aliphatic heterocycles. The van der Waals surface area contributed by atoms with E-state index in [2.05, 4.69) is 0 Å². The van der Waals surface area contributed by atoms with Crippen LogP contribution < -0.4 is 10.6 Å². The Hall–Kier alpha value is -1.30. The lowest BCUT2D eigenvalue weighted by molar-refractivity contribution is -0.119. The molecule has 0 amide bonds. The largest absolute Gasteiger partial charge is 0.405 e. The van der Waals surface area contributed by atoms with Crippen molar-refractivity contribution < 1.29 is 13.2 Å². The molecule has 0 spiro atoms. The molecule has 2 N–H and O–H groups in total.